The van der Waals surface area contributed by atoms with Crippen molar-refractivity contribution in [3.05, 3.63) is 12.7 Å². The van der Waals surface area contributed by atoms with Gasteiger partial charge in [-0.15, -0.1) is 25.3 Å². The fourth-order valence-electron chi connectivity index (χ4n) is 1.65. The minimum atomic E-state index is -1.91. The lowest BCUT2D eigenvalue weighted by atomic mass is 9.93. The number of terminal acetylenes is 2. The van der Waals surface area contributed by atoms with Crippen molar-refractivity contribution in [3.8, 4) is 24.7 Å². The highest BCUT2D eigenvalue weighted by Gasteiger charge is 2.43. The van der Waals surface area contributed by atoms with Crippen LogP contribution in [0, 0.1) is 24.7 Å². The summed E-state index contributed by atoms with van der Waals surface area (Å²) in [7, 11) is -1.91. The zero-order chi connectivity index (χ0) is 15.2. The Balaban J connectivity index is 5.19. The normalized spacial score (nSPS) is 15.1. The molecule has 0 rings (SSSR count). The molecular formula is C17H28OSi. The van der Waals surface area contributed by atoms with Gasteiger partial charge >= 0.3 is 0 Å². The van der Waals surface area contributed by atoms with Crippen molar-refractivity contribution < 1.29 is 4.43 Å². The third kappa shape index (κ3) is 5.27. The Bertz CT molecular complexity index is 376. The molecule has 0 saturated carbocycles. The van der Waals surface area contributed by atoms with Gasteiger partial charge < -0.3 is 4.43 Å². The van der Waals surface area contributed by atoms with Crippen LogP contribution in [0.15, 0.2) is 12.7 Å². The summed E-state index contributed by atoms with van der Waals surface area (Å²) in [5.74, 6) is 5.55. The molecule has 1 nitrogen and oxygen atoms in total. The zero-order valence-corrected chi connectivity index (χ0v) is 14.2. The number of allylic oxidation sites excluding steroid dienone is 1. The summed E-state index contributed by atoms with van der Waals surface area (Å²) in [6.45, 7) is 14.9. The van der Waals surface area contributed by atoms with E-state index in [-0.39, 0.29) is 5.04 Å². The molecule has 0 amide bonds. The van der Waals surface area contributed by atoms with Crippen LogP contribution in [0.5, 0.6) is 0 Å². The molecule has 1 atom stereocenters. The highest BCUT2D eigenvalue weighted by molar-refractivity contribution is 6.74. The van der Waals surface area contributed by atoms with Gasteiger partial charge in [-0.05, 0) is 37.4 Å². The van der Waals surface area contributed by atoms with Crippen LogP contribution in [-0.2, 0) is 4.43 Å². The molecule has 0 bridgehead atoms. The lowest BCUT2D eigenvalue weighted by Crippen LogP contribution is -2.49. The molecule has 2 heteroatoms. The maximum absolute atomic E-state index is 6.50. The monoisotopic (exact) mass is 276 g/mol. The van der Waals surface area contributed by atoms with Gasteiger partial charge in [0.1, 0.15) is 5.60 Å². The molecule has 0 heterocycles. The number of hydrogen-bond donors (Lipinski definition) is 0. The van der Waals surface area contributed by atoms with Crippen LogP contribution in [0.2, 0.25) is 18.1 Å². The standard InChI is InChI=1S/C17H28OSi/c1-9-12-14-17(11-3,15-13-10-2)18-19(7,8)16(4,5)6/h1,3,10H,2,12-15H2,4-8H3. The van der Waals surface area contributed by atoms with Crippen molar-refractivity contribution in [1.29, 1.82) is 0 Å². The van der Waals surface area contributed by atoms with E-state index in [0.29, 0.717) is 6.42 Å². The van der Waals surface area contributed by atoms with Crippen LogP contribution in [0.3, 0.4) is 0 Å². The van der Waals surface area contributed by atoms with E-state index in [9.17, 15) is 0 Å². The lowest BCUT2D eigenvalue weighted by molar-refractivity contribution is 0.0957. The van der Waals surface area contributed by atoms with Crippen LogP contribution < -0.4 is 0 Å². The van der Waals surface area contributed by atoms with Gasteiger partial charge in [0.05, 0.1) is 0 Å². The van der Waals surface area contributed by atoms with Gasteiger partial charge in [-0.3, -0.25) is 0 Å². The molecule has 0 saturated heterocycles. The predicted molar refractivity (Wildman–Crippen MR) is 87.3 cm³/mol. The average Bonchev–Trinajstić information content (AvgIpc) is 2.31. The fraction of sp³-hybridized carbons (Fsp3) is 0.647. The van der Waals surface area contributed by atoms with E-state index in [2.05, 4.69) is 52.3 Å². The van der Waals surface area contributed by atoms with E-state index >= 15 is 0 Å². The SMILES string of the molecule is C#CCCC(C#C)(CCC=C)O[Si](C)(C)C(C)(C)C. The minimum Gasteiger partial charge on any atom is -0.401 e. The van der Waals surface area contributed by atoms with E-state index in [0.717, 1.165) is 19.3 Å². The van der Waals surface area contributed by atoms with Crippen molar-refractivity contribution >= 4 is 8.32 Å². The van der Waals surface area contributed by atoms with Gasteiger partial charge in [-0.2, -0.15) is 0 Å². The summed E-state index contributed by atoms with van der Waals surface area (Å²) in [6, 6.07) is 0. The fourth-order valence-corrected chi connectivity index (χ4v) is 3.20. The van der Waals surface area contributed by atoms with Crippen LogP contribution in [-0.4, -0.2) is 13.9 Å². The molecule has 0 N–H and O–H groups in total. The maximum Gasteiger partial charge on any atom is 0.194 e. The molecule has 19 heavy (non-hydrogen) atoms. The first-order chi connectivity index (χ1) is 8.64. The van der Waals surface area contributed by atoms with E-state index < -0.39 is 13.9 Å². The van der Waals surface area contributed by atoms with Gasteiger partial charge in [-0.25, -0.2) is 0 Å². The van der Waals surface area contributed by atoms with Gasteiger partial charge in [0.25, 0.3) is 0 Å². The van der Waals surface area contributed by atoms with Gasteiger partial charge in [0.2, 0.25) is 0 Å². The molecule has 0 aromatic carbocycles. The highest BCUT2D eigenvalue weighted by atomic mass is 28.4. The van der Waals surface area contributed by atoms with Gasteiger partial charge in [0.15, 0.2) is 8.32 Å². The summed E-state index contributed by atoms with van der Waals surface area (Å²) < 4.78 is 6.50. The van der Waals surface area contributed by atoms with E-state index in [1.165, 1.54) is 0 Å². The predicted octanol–water partition coefficient (Wildman–Crippen LogP) is 4.76. The Morgan fingerprint density at radius 2 is 1.79 bits per heavy atom. The maximum atomic E-state index is 6.50. The van der Waals surface area contributed by atoms with Crippen LogP contribution >= 0.6 is 0 Å². The van der Waals surface area contributed by atoms with Crippen molar-refractivity contribution in [2.45, 2.75) is 70.2 Å². The van der Waals surface area contributed by atoms with Crippen molar-refractivity contribution in [2.75, 3.05) is 0 Å². The minimum absolute atomic E-state index is 0.138. The van der Waals surface area contributed by atoms with Crippen molar-refractivity contribution in [1.82, 2.24) is 0 Å². The summed E-state index contributed by atoms with van der Waals surface area (Å²) >= 11 is 0. The van der Waals surface area contributed by atoms with Gasteiger partial charge in [-0.1, -0.05) is 32.8 Å². The molecule has 0 aliphatic heterocycles. The van der Waals surface area contributed by atoms with Gasteiger partial charge in [0, 0.05) is 6.42 Å². The van der Waals surface area contributed by atoms with E-state index in [4.69, 9.17) is 17.3 Å². The molecule has 0 aliphatic rings. The van der Waals surface area contributed by atoms with Crippen LogP contribution in [0.4, 0.5) is 0 Å². The van der Waals surface area contributed by atoms with E-state index in [1.807, 2.05) is 6.08 Å². The third-order valence-electron chi connectivity index (χ3n) is 3.95. The Labute approximate surface area is 121 Å². The second-order valence-corrected chi connectivity index (χ2v) is 11.3. The first-order valence-corrected chi connectivity index (χ1v) is 9.77. The molecule has 0 spiro atoms. The summed E-state index contributed by atoms with van der Waals surface area (Å²) in [6.07, 6.45) is 16.1. The largest absolute Gasteiger partial charge is 0.401 e. The summed E-state index contributed by atoms with van der Waals surface area (Å²) in [5.41, 5.74) is -0.538. The quantitative estimate of drug-likeness (QED) is 0.370. The second kappa shape index (κ2) is 6.99. The van der Waals surface area contributed by atoms with Crippen LogP contribution in [0.25, 0.3) is 0 Å². The lowest BCUT2D eigenvalue weighted by Gasteiger charge is -2.43. The first kappa shape index (κ1) is 18.0. The van der Waals surface area contributed by atoms with Crippen molar-refractivity contribution in [2.24, 2.45) is 0 Å². The van der Waals surface area contributed by atoms with Crippen LogP contribution in [0.1, 0.15) is 46.5 Å². The molecular weight excluding hydrogens is 248 g/mol. The Hall–Kier alpha value is -0.963. The zero-order valence-electron chi connectivity index (χ0n) is 13.2. The topological polar surface area (TPSA) is 9.23 Å². The molecule has 0 radical (unpaired) electrons. The summed E-state index contributed by atoms with van der Waals surface area (Å²) in [5, 5.41) is 0.138. The average molecular weight is 276 g/mol. The Kier molecular flexibility index (Phi) is 6.64. The molecule has 1 unspecified atom stereocenters. The highest BCUT2D eigenvalue weighted by Crippen LogP contribution is 2.41. The number of rotatable bonds is 7. The summed E-state index contributed by atoms with van der Waals surface area (Å²) in [4.78, 5) is 0. The van der Waals surface area contributed by atoms with E-state index in [1.54, 1.807) is 0 Å². The molecule has 0 fully saturated rings. The Morgan fingerprint density at radius 1 is 1.21 bits per heavy atom. The second-order valence-electron chi connectivity index (χ2n) is 6.53. The third-order valence-corrected chi connectivity index (χ3v) is 8.46. The molecule has 106 valence electrons. The first-order valence-electron chi connectivity index (χ1n) is 6.86. The molecule has 0 aliphatic carbocycles. The Morgan fingerprint density at radius 3 is 2.16 bits per heavy atom. The number of hydrogen-bond acceptors (Lipinski definition) is 1. The van der Waals surface area contributed by atoms with Crippen molar-refractivity contribution in [3.63, 3.8) is 0 Å². The molecule has 0 aromatic rings. The molecule has 0 aromatic heterocycles. The smallest absolute Gasteiger partial charge is 0.194 e.